The Bertz CT molecular complexity index is 600. The van der Waals surface area contributed by atoms with Crippen molar-refractivity contribution < 1.29 is 9.47 Å². The molecule has 0 saturated carbocycles. The topological polar surface area (TPSA) is 60.3 Å². The summed E-state index contributed by atoms with van der Waals surface area (Å²) in [5.41, 5.74) is 1.66. The molecule has 0 amide bonds. The molecule has 112 valence electrons. The molecule has 0 aliphatic rings. The highest BCUT2D eigenvalue weighted by molar-refractivity contribution is 7.80. The largest absolute Gasteiger partial charge is 0.497 e. The van der Waals surface area contributed by atoms with Gasteiger partial charge in [0.25, 0.3) is 0 Å². The van der Waals surface area contributed by atoms with Crippen molar-refractivity contribution in [2.45, 2.75) is 13.7 Å². The summed E-state index contributed by atoms with van der Waals surface area (Å²) in [7, 11) is 1.63. The van der Waals surface area contributed by atoms with Crippen molar-refractivity contribution in [3.63, 3.8) is 0 Å². The maximum Gasteiger partial charge on any atom is 0.175 e. The van der Waals surface area contributed by atoms with Gasteiger partial charge in [-0.2, -0.15) is 5.10 Å². The molecule has 1 aromatic carbocycles. The van der Waals surface area contributed by atoms with Gasteiger partial charge >= 0.3 is 0 Å². The zero-order valence-electron chi connectivity index (χ0n) is 12.0. The molecule has 21 heavy (non-hydrogen) atoms. The Labute approximate surface area is 129 Å². The van der Waals surface area contributed by atoms with Crippen LogP contribution in [0.3, 0.4) is 0 Å². The third kappa shape index (κ3) is 4.73. The van der Waals surface area contributed by atoms with Crippen LogP contribution in [0.25, 0.3) is 0 Å². The molecule has 2 rings (SSSR count). The van der Waals surface area contributed by atoms with Gasteiger partial charge in [-0.25, -0.2) is 4.68 Å². The van der Waals surface area contributed by atoms with Crippen molar-refractivity contribution in [2.75, 3.05) is 24.4 Å². The van der Waals surface area contributed by atoms with Crippen LogP contribution >= 0.6 is 12.2 Å². The molecule has 0 radical (unpaired) electrons. The fraction of sp³-hybridized carbons (Fsp3) is 0.286. The van der Waals surface area contributed by atoms with Gasteiger partial charge in [-0.05, 0) is 31.3 Å². The van der Waals surface area contributed by atoms with E-state index >= 15 is 0 Å². The van der Waals surface area contributed by atoms with Crippen LogP contribution in [-0.2, 0) is 11.5 Å². The highest BCUT2D eigenvalue weighted by Crippen LogP contribution is 2.17. The zero-order valence-corrected chi connectivity index (χ0v) is 12.8. The number of ether oxygens (including phenoxy) is 2. The molecule has 0 fully saturated rings. The summed E-state index contributed by atoms with van der Waals surface area (Å²) in [6, 6.07) is 7.55. The van der Waals surface area contributed by atoms with Gasteiger partial charge in [0.05, 0.1) is 25.2 Å². The van der Waals surface area contributed by atoms with Crippen molar-refractivity contribution in [3.8, 4) is 5.75 Å². The van der Waals surface area contributed by atoms with Crippen molar-refractivity contribution in [3.05, 3.63) is 36.7 Å². The van der Waals surface area contributed by atoms with E-state index in [-0.39, 0.29) is 0 Å². The quantitative estimate of drug-likeness (QED) is 0.800. The van der Waals surface area contributed by atoms with E-state index in [1.165, 1.54) is 0 Å². The lowest BCUT2D eigenvalue weighted by Gasteiger charge is -2.09. The highest BCUT2D eigenvalue weighted by Gasteiger charge is 2.02. The van der Waals surface area contributed by atoms with Gasteiger partial charge in [-0.3, -0.25) is 0 Å². The summed E-state index contributed by atoms with van der Waals surface area (Å²) in [6.45, 7) is 3.02. The predicted molar refractivity (Wildman–Crippen MR) is 86.7 cm³/mol. The van der Waals surface area contributed by atoms with Gasteiger partial charge in [0.1, 0.15) is 12.5 Å². The lowest BCUT2D eigenvalue weighted by Crippen LogP contribution is -2.18. The molecule has 7 heteroatoms. The Morgan fingerprint density at radius 1 is 1.33 bits per heavy atom. The minimum absolute atomic E-state index is 0.425. The van der Waals surface area contributed by atoms with Crippen LogP contribution in [0.1, 0.15) is 6.92 Å². The molecule has 1 heterocycles. The smallest absolute Gasteiger partial charge is 0.175 e. The van der Waals surface area contributed by atoms with E-state index in [0.29, 0.717) is 18.5 Å². The molecule has 0 unspecified atom stereocenters. The molecular weight excluding hydrogens is 288 g/mol. The molecule has 0 saturated heterocycles. The monoisotopic (exact) mass is 306 g/mol. The van der Waals surface area contributed by atoms with Gasteiger partial charge in [0.15, 0.2) is 5.11 Å². The first-order chi connectivity index (χ1) is 10.2. The molecule has 0 spiro atoms. The summed E-state index contributed by atoms with van der Waals surface area (Å²) in [5.74, 6) is 0.771. The predicted octanol–water partition coefficient (Wildman–Crippen LogP) is 2.69. The first-order valence-corrected chi connectivity index (χ1v) is 6.94. The third-order valence-electron chi connectivity index (χ3n) is 2.65. The molecule has 2 N–H and O–H groups in total. The summed E-state index contributed by atoms with van der Waals surface area (Å²) in [4.78, 5) is 0. The van der Waals surface area contributed by atoms with Crippen LogP contribution in [0.4, 0.5) is 11.4 Å². The summed E-state index contributed by atoms with van der Waals surface area (Å²) in [5, 5.41) is 10.8. The standard InChI is InChI=1S/C14H18N4O2S/c1-3-20-10-18-9-12(8-15-18)17-14(21)16-11-5-4-6-13(7-11)19-2/h4-9H,3,10H2,1-2H3,(H2,16,17,21). The highest BCUT2D eigenvalue weighted by atomic mass is 32.1. The van der Waals surface area contributed by atoms with Crippen molar-refractivity contribution in [2.24, 2.45) is 0 Å². The van der Waals surface area contributed by atoms with E-state index < -0.39 is 0 Å². The van der Waals surface area contributed by atoms with Crippen LogP contribution in [0.2, 0.25) is 0 Å². The molecular formula is C14H18N4O2S. The molecule has 1 aromatic heterocycles. The lowest BCUT2D eigenvalue weighted by molar-refractivity contribution is 0.0792. The van der Waals surface area contributed by atoms with E-state index in [4.69, 9.17) is 21.7 Å². The van der Waals surface area contributed by atoms with Gasteiger partial charge in [-0.1, -0.05) is 6.07 Å². The fourth-order valence-electron chi connectivity index (χ4n) is 1.68. The van der Waals surface area contributed by atoms with E-state index in [9.17, 15) is 0 Å². The second kappa shape index (κ2) is 7.61. The maximum absolute atomic E-state index is 5.27. The summed E-state index contributed by atoms with van der Waals surface area (Å²) >= 11 is 5.26. The first kappa shape index (κ1) is 15.3. The van der Waals surface area contributed by atoms with Gasteiger partial charge in [0, 0.05) is 18.4 Å². The van der Waals surface area contributed by atoms with Gasteiger partial charge in [0.2, 0.25) is 0 Å². The molecule has 0 bridgehead atoms. The van der Waals surface area contributed by atoms with Crippen molar-refractivity contribution >= 4 is 28.7 Å². The minimum Gasteiger partial charge on any atom is -0.497 e. The van der Waals surface area contributed by atoms with Gasteiger partial charge < -0.3 is 20.1 Å². The van der Waals surface area contributed by atoms with Crippen molar-refractivity contribution in [1.82, 2.24) is 9.78 Å². The van der Waals surface area contributed by atoms with Crippen LogP contribution in [0, 0.1) is 0 Å². The zero-order chi connectivity index (χ0) is 15.1. The van der Waals surface area contributed by atoms with Crippen LogP contribution < -0.4 is 15.4 Å². The van der Waals surface area contributed by atoms with E-state index in [2.05, 4.69) is 15.7 Å². The van der Waals surface area contributed by atoms with Crippen LogP contribution in [0.5, 0.6) is 5.75 Å². The first-order valence-electron chi connectivity index (χ1n) is 6.53. The number of hydrogen-bond donors (Lipinski definition) is 2. The number of rotatable bonds is 6. The van der Waals surface area contributed by atoms with Crippen LogP contribution in [-0.4, -0.2) is 28.6 Å². The number of benzene rings is 1. The summed E-state index contributed by atoms with van der Waals surface area (Å²) < 4.78 is 12.1. The third-order valence-corrected chi connectivity index (χ3v) is 2.85. The average molecular weight is 306 g/mol. The molecule has 0 aliphatic carbocycles. The molecule has 6 nitrogen and oxygen atoms in total. The lowest BCUT2D eigenvalue weighted by atomic mass is 10.3. The van der Waals surface area contributed by atoms with Crippen molar-refractivity contribution in [1.29, 1.82) is 0 Å². The number of nitrogens with one attached hydrogen (secondary N) is 2. The van der Waals surface area contributed by atoms with Gasteiger partial charge in [-0.15, -0.1) is 0 Å². The molecule has 0 aliphatic heterocycles. The number of anilines is 2. The number of thiocarbonyl (C=S) groups is 1. The average Bonchev–Trinajstić information content (AvgIpc) is 2.92. The number of hydrogen-bond acceptors (Lipinski definition) is 4. The Hall–Kier alpha value is -2.12. The number of aromatic nitrogens is 2. The minimum atomic E-state index is 0.425. The van der Waals surface area contributed by atoms with E-state index in [1.807, 2.05) is 37.4 Å². The molecule has 0 atom stereocenters. The second-order valence-electron chi connectivity index (χ2n) is 4.20. The second-order valence-corrected chi connectivity index (χ2v) is 4.61. The SMILES string of the molecule is CCOCn1cc(NC(=S)Nc2cccc(OC)c2)cn1. The number of methoxy groups -OCH3 is 1. The normalized spacial score (nSPS) is 10.2. The van der Waals surface area contributed by atoms with E-state index in [1.54, 1.807) is 18.0 Å². The Morgan fingerprint density at radius 2 is 2.14 bits per heavy atom. The Morgan fingerprint density at radius 3 is 2.90 bits per heavy atom. The van der Waals surface area contributed by atoms with Crippen LogP contribution in [0.15, 0.2) is 36.7 Å². The Balaban J connectivity index is 1.90. The van der Waals surface area contributed by atoms with E-state index in [0.717, 1.165) is 17.1 Å². The Kier molecular flexibility index (Phi) is 5.53. The molecule has 2 aromatic rings. The number of nitrogens with zero attached hydrogens (tertiary/aromatic N) is 2. The summed E-state index contributed by atoms with van der Waals surface area (Å²) in [6.07, 6.45) is 3.52. The fourth-order valence-corrected chi connectivity index (χ4v) is 1.91. The maximum atomic E-state index is 5.27.